The molecule has 0 bridgehead atoms. The van der Waals surface area contributed by atoms with Gasteiger partial charge >= 0.3 is 18.5 Å². The van der Waals surface area contributed by atoms with Crippen LogP contribution in [0.25, 0.3) is 32.7 Å². The lowest BCUT2D eigenvalue weighted by Crippen LogP contribution is -2.25. The predicted molar refractivity (Wildman–Crippen MR) is 211 cm³/mol. The van der Waals surface area contributed by atoms with E-state index in [0.717, 1.165) is 24.3 Å². The summed E-state index contributed by atoms with van der Waals surface area (Å²) in [6.07, 6.45) is -18.9. The van der Waals surface area contributed by atoms with Gasteiger partial charge in [-0.25, -0.2) is 61.5 Å². The molecule has 0 aromatic heterocycles. The van der Waals surface area contributed by atoms with E-state index in [-0.39, 0.29) is 16.3 Å². The van der Waals surface area contributed by atoms with Gasteiger partial charge in [0.25, 0.3) is 0 Å². The number of hydrogen-bond acceptors (Lipinski definition) is 2. The normalized spacial score (nSPS) is 12.4. The van der Waals surface area contributed by atoms with E-state index in [1.54, 1.807) is 6.07 Å². The lowest BCUT2D eigenvalue weighted by molar-refractivity contribution is -0.144. The monoisotopic (exact) mass is 1040 g/mol. The standard InChI is InChI=1S/C47H15F23N2/c48-21-14-23(29(50)31(52)26(21)45(62,63)64)71(43-37(58)32(53)27(46(65,66)67)33(54)38(43)59)24-15-22(49)42(36(57)30(24)51)72(44-39(60)34(55)28(47(68,69)70)35(56)40(44)61)41-19-12-6-4-10-17(19)25(16-8-2-1-3-9-16)18-11-5-7-13-20(18)41/h1-15H. The minimum absolute atomic E-state index is 0.126. The first kappa shape index (κ1) is 50.7. The van der Waals surface area contributed by atoms with Crippen molar-refractivity contribution in [1.82, 2.24) is 0 Å². The summed E-state index contributed by atoms with van der Waals surface area (Å²) in [5.41, 5.74) is -23.9. The molecule has 2 nitrogen and oxygen atoms in total. The summed E-state index contributed by atoms with van der Waals surface area (Å²) < 4.78 is 347. The number of nitrogens with zero attached hydrogens (tertiary/aromatic N) is 2. The third kappa shape index (κ3) is 7.88. The summed E-state index contributed by atoms with van der Waals surface area (Å²) in [6.45, 7) is 0. The van der Waals surface area contributed by atoms with E-state index in [0.29, 0.717) is 5.56 Å². The molecule has 8 rings (SSSR count). The van der Waals surface area contributed by atoms with Gasteiger partial charge in [0.15, 0.2) is 75.6 Å². The number of halogens is 23. The van der Waals surface area contributed by atoms with Crippen molar-refractivity contribution < 1.29 is 101 Å². The molecular formula is C47H15F23N2. The van der Waals surface area contributed by atoms with Gasteiger partial charge in [-0.1, -0.05) is 78.9 Å². The van der Waals surface area contributed by atoms with Crippen molar-refractivity contribution in [2.75, 3.05) is 9.80 Å². The molecule has 0 fully saturated rings. The van der Waals surface area contributed by atoms with Crippen molar-refractivity contribution >= 4 is 55.7 Å². The van der Waals surface area contributed by atoms with E-state index >= 15 is 61.5 Å². The van der Waals surface area contributed by atoms with Crippen LogP contribution in [0.2, 0.25) is 0 Å². The third-order valence-corrected chi connectivity index (χ3v) is 10.9. The zero-order valence-corrected chi connectivity index (χ0v) is 34.2. The highest BCUT2D eigenvalue weighted by Gasteiger charge is 2.48. The fourth-order valence-corrected chi connectivity index (χ4v) is 8.04. The summed E-state index contributed by atoms with van der Waals surface area (Å²) in [5, 5.41) is -1.28. The Hall–Kier alpha value is -7.73. The number of benzene rings is 8. The van der Waals surface area contributed by atoms with Crippen LogP contribution in [0.5, 0.6) is 0 Å². The lowest BCUT2D eigenvalue weighted by Gasteiger charge is -2.32. The fraction of sp³-hybridized carbons (Fsp3) is 0.0638. The minimum atomic E-state index is -6.42. The first-order valence-electron chi connectivity index (χ1n) is 19.4. The van der Waals surface area contributed by atoms with Gasteiger partial charge in [-0.2, -0.15) is 39.5 Å². The van der Waals surface area contributed by atoms with Gasteiger partial charge in [0, 0.05) is 22.9 Å². The lowest BCUT2D eigenvalue weighted by atomic mass is 9.89. The molecule has 25 heteroatoms. The topological polar surface area (TPSA) is 6.48 Å². The Labute approximate surface area is 385 Å². The van der Waals surface area contributed by atoms with E-state index in [1.807, 2.05) is 0 Å². The van der Waals surface area contributed by atoms with E-state index in [2.05, 4.69) is 0 Å². The quantitative estimate of drug-likeness (QED) is 0.0892. The maximum absolute atomic E-state index is 17.3. The smallest absolute Gasteiger partial charge is 0.299 e. The summed E-state index contributed by atoms with van der Waals surface area (Å²) in [4.78, 5) is -1.98. The zero-order chi connectivity index (χ0) is 53.0. The Balaban J connectivity index is 1.56. The molecule has 0 atom stereocenters. The molecule has 0 amide bonds. The first-order valence-corrected chi connectivity index (χ1v) is 19.4. The van der Waals surface area contributed by atoms with Gasteiger partial charge in [0.2, 0.25) is 0 Å². The number of rotatable bonds is 7. The van der Waals surface area contributed by atoms with E-state index in [9.17, 15) is 39.5 Å². The minimum Gasteiger partial charge on any atom is -0.299 e. The average Bonchev–Trinajstić information content (AvgIpc) is 3.29. The molecule has 0 aliphatic carbocycles. The Bertz CT molecular complexity index is 3430. The molecule has 0 saturated carbocycles. The molecule has 374 valence electrons. The molecule has 0 N–H and O–H groups in total. The fourth-order valence-electron chi connectivity index (χ4n) is 8.04. The van der Waals surface area contributed by atoms with Crippen LogP contribution < -0.4 is 9.80 Å². The van der Waals surface area contributed by atoms with Crippen LogP contribution >= 0.6 is 0 Å². The summed E-state index contributed by atoms with van der Waals surface area (Å²) >= 11 is 0. The van der Waals surface area contributed by atoms with E-state index in [4.69, 9.17) is 0 Å². The van der Waals surface area contributed by atoms with Crippen LogP contribution in [-0.4, -0.2) is 0 Å². The highest BCUT2D eigenvalue weighted by molar-refractivity contribution is 6.22. The molecule has 0 heterocycles. The number of hydrogen-bond donors (Lipinski definition) is 0. The van der Waals surface area contributed by atoms with Crippen LogP contribution in [0.3, 0.4) is 0 Å². The Kier molecular flexibility index (Phi) is 12.3. The van der Waals surface area contributed by atoms with Crippen LogP contribution in [0.4, 0.5) is 135 Å². The summed E-state index contributed by atoms with van der Waals surface area (Å²) in [5.74, 6) is -45.9. The van der Waals surface area contributed by atoms with Crippen LogP contribution in [0.1, 0.15) is 16.7 Å². The van der Waals surface area contributed by atoms with Gasteiger partial charge < -0.3 is 0 Å². The van der Waals surface area contributed by atoms with Gasteiger partial charge in [-0.15, -0.1) is 0 Å². The van der Waals surface area contributed by atoms with Gasteiger partial charge in [0.05, 0.1) is 17.1 Å². The van der Waals surface area contributed by atoms with Crippen LogP contribution in [-0.2, 0) is 18.5 Å². The molecule has 8 aromatic carbocycles. The molecule has 0 aliphatic heterocycles. The molecule has 0 radical (unpaired) electrons. The molecule has 72 heavy (non-hydrogen) atoms. The molecule has 0 unspecified atom stereocenters. The second kappa shape index (κ2) is 17.5. The molecule has 0 saturated heterocycles. The zero-order valence-electron chi connectivity index (χ0n) is 34.2. The maximum atomic E-state index is 17.3. The number of anilines is 6. The van der Waals surface area contributed by atoms with E-state index < -0.39 is 183 Å². The Morgan fingerprint density at radius 2 is 0.597 bits per heavy atom. The van der Waals surface area contributed by atoms with Crippen molar-refractivity contribution in [1.29, 1.82) is 0 Å². The molecule has 8 aromatic rings. The second-order valence-electron chi connectivity index (χ2n) is 15.0. The Morgan fingerprint density at radius 3 is 1.00 bits per heavy atom. The highest BCUT2D eigenvalue weighted by atomic mass is 19.4. The SMILES string of the molecule is Fc1cc(N(c2cc(F)c(C(F)(F)F)c(F)c2F)c2c(F)c(F)c(C(F)(F)F)c(F)c2F)c(F)c(F)c1N(c1c(F)c(F)c(C(F)(F)F)c(F)c1F)c1c2ccccc2c(-c2ccccc2)c2ccccc12. The van der Waals surface area contributed by atoms with Crippen molar-refractivity contribution in [3.63, 3.8) is 0 Å². The van der Waals surface area contributed by atoms with Crippen LogP contribution in [0.15, 0.2) is 91.0 Å². The van der Waals surface area contributed by atoms with Crippen molar-refractivity contribution in [3.05, 3.63) is 189 Å². The Morgan fingerprint density at radius 1 is 0.278 bits per heavy atom. The third-order valence-electron chi connectivity index (χ3n) is 10.9. The van der Waals surface area contributed by atoms with Gasteiger partial charge in [0.1, 0.15) is 39.6 Å². The summed E-state index contributed by atoms with van der Waals surface area (Å²) in [7, 11) is 0. The van der Waals surface area contributed by atoms with E-state index in [1.165, 1.54) is 48.5 Å². The summed E-state index contributed by atoms with van der Waals surface area (Å²) in [6, 6.07) is 15.0. The average molecular weight is 1040 g/mol. The van der Waals surface area contributed by atoms with Gasteiger partial charge in [-0.05, 0) is 21.9 Å². The van der Waals surface area contributed by atoms with Crippen molar-refractivity contribution in [2.45, 2.75) is 18.5 Å². The van der Waals surface area contributed by atoms with Crippen LogP contribution in [0, 0.1) is 81.4 Å². The predicted octanol–water partition coefficient (Wildman–Crippen LogP) is 17.6. The highest BCUT2D eigenvalue weighted by Crippen LogP contribution is 2.54. The molecule has 0 aliphatic rings. The largest absolute Gasteiger partial charge is 0.422 e. The first-order chi connectivity index (χ1) is 33.5. The maximum Gasteiger partial charge on any atom is 0.422 e. The van der Waals surface area contributed by atoms with Crippen molar-refractivity contribution in [3.8, 4) is 11.1 Å². The molecule has 0 spiro atoms. The number of fused-ring (bicyclic) bond motifs is 2. The number of alkyl halides is 9. The molecular weight excluding hydrogens is 1030 g/mol. The van der Waals surface area contributed by atoms with Gasteiger partial charge in [-0.3, -0.25) is 9.80 Å². The van der Waals surface area contributed by atoms with Crippen molar-refractivity contribution in [2.24, 2.45) is 0 Å². The second-order valence-corrected chi connectivity index (χ2v) is 15.0.